The van der Waals surface area contributed by atoms with Crippen LogP contribution in [-0.4, -0.2) is 0 Å². The summed E-state index contributed by atoms with van der Waals surface area (Å²) in [5.41, 5.74) is 19.3. The molecule has 6 heterocycles. The molecule has 0 unspecified atom stereocenters. The molecule has 0 saturated carbocycles. The summed E-state index contributed by atoms with van der Waals surface area (Å²) < 4.78 is 0. The van der Waals surface area contributed by atoms with E-state index in [1.807, 2.05) is 68.0 Å². The molecule has 0 bridgehead atoms. The Morgan fingerprint density at radius 2 is 0.541 bits per heavy atom. The van der Waals surface area contributed by atoms with Crippen molar-refractivity contribution in [2.45, 2.75) is 60.8 Å². The molecule has 0 amide bonds. The molecule has 0 aliphatic heterocycles. The Labute approximate surface area is 799 Å². The molecule has 28 rings (SSSR count). The van der Waals surface area contributed by atoms with Gasteiger partial charge < -0.3 is 0 Å². The van der Waals surface area contributed by atoms with Gasteiger partial charge in [-0.1, -0.05) is 372 Å². The smallest absolute Gasteiger partial charge is 0.0436 e. The first-order valence-electron chi connectivity index (χ1n) is 45.7. The predicted molar refractivity (Wildman–Crippen MR) is 590 cm³/mol. The quantitative estimate of drug-likeness (QED) is 0.115. The van der Waals surface area contributed by atoms with Crippen molar-refractivity contribution in [3.63, 3.8) is 0 Å². The Kier molecular flexibility index (Phi) is 21.7. The summed E-state index contributed by atoms with van der Waals surface area (Å²) in [5.74, 6) is 0. The monoisotopic (exact) mass is 1810 g/mol. The Balaban J connectivity index is 0.0000000906. The zero-order valence-corrected chi connectivity index (χ0v) is 80.1. The van der Waals surface area contributed by atoms with E-state index < -0.39 is 0 Å². The number of aryl methyl sites for hydroxylation is 6. The van der Waals surface area contributed by atoms with Crippen molar-refractivity contribution in [2.75, 3.05) is 0 Å². The molecule has 0 radical (unpaired) electrons. The number of rotatable bonds is 6. The molecule has 0 spiro atoms. The summed E-state index contributed by atoms with van der Waals surface area (Å²) in [6.07, 6.45) is 0. The third-order valence-electron chi connectivity index (χ3n) is 27.2. The van der Waals surface area contributed by atoms with Gasteiger partial charge in [-0.25, -0.2) is 0 Å². The number of fused-ring (bicyclic) bond motifs is 15. The van der Waals surface area contributed by atoms with Gasteiger partial charge in [-0.3, -0.25) is 0 Å². The fourth-order valence-electron chi connectivity index (χ4n) is 20.9. The van der Waals surface area contributed by atoms with Crippen molar-refractivity contribution >= 4 is 197 Å². The maximum atomic E-state index is 2.39. The van der Waals surface area contributed by atoms with Crippen LogP contribution in [0.25, 0.3) is 225 Å². The highest BCUT2D eigenvalue weighted by molar-refractivity contribution is 7.19. The SMILES string of the molecule is Cc1ccc(-c2ccc3c(c2)C(C)(C)c2ccccc2-3)s1.Cc1ccc(-c2ccc3c4c(cccc24)-c2ccccc2-3)s1.Cc1ccc(-c2ccc3c4cccc5cccc(c6cccc2c63)c54)s1.Cc1sc(-c2c3ccccc3cc3ccccc23)c2ccccc12.Cc1sc(-c2ccc3ccccc3c2)c2ccccc12.Cc1sc(-c2cccc3ccccc23)c2ccccc12. The third-order valence-corrected chi connectivity index (χ3v) is 33.8. The first-order chi connectivity index (χ1) is 65.2. The number of benzene rings is 20. The minimum absolute atomic E-state index is 0.0915. The first kappa shape index (κ1) is 83.3. The molecular formula is C127H92S6. The molecule has 0 nitrogen and oxygen atoms in total. The second-order valence-electron chi connectivity index (χ2n) is 35.6. The van der Waals surface area contributed by atoms with E-state index in [1.54, 1.807) is 0 Å². The second kappa shape index (κ2) is 34.6. The molecule has 2 aliphatic rings. The van der Waals surface area contributed by atoms with Crippen LogP contribution < -0.4 is 0 Å². The van der Waals surface area contributed by atoms with Crippen LogP contribution >= 0.6 is 68.0 Å². The van der Waals surface area contributed by atoms with Crippen LogP contribution in [0.3, 0.4) is 0 Å². The van der Waals surface area contributed by atoms with Crippen molar-refractivity contribution in [1.29, 1.82) is 0 Å². The van der Waals surface area contributed by atoms with Crippen molar-refractivity contribution in [1.82, 2.24) is 0 Å². The van der Waals surface area contributed by atoms with Gasteiger partial charge in [-0.2, -0.15) is 0 Å². The molecule has 20 aromatic carbocycles. The molecule has 0 N–H and O–H groups in total. The lowest BCUT2D eigenvalue weighted by atomic mass is 9.82. The van der Waals surface area contributed by atoms with Gasteiger partial charge in [0.15, 0.2) is 0 Å². The fourth-order valence-corrected chi connectivity index (χ4v) is 27.0. The van der Waals surface area contributed by atoms with Crippen LogP contribution in [0.1, 0.15) is 54.2 Å². The van der Waals surface area contributed by atoms with Crippen molar-refractivity contribution in [3.8, 4) is 96.0 Å². The van der Waals surface area contributed by atoms with Gasteiger partial charge in [-0.15, -0.1) is 68.0 Å². The van der Waals surface area contributed by atoms with E-state index in [0.29, 0.717) is 0 Å². The van der Waals surface area contributed by atoms with Gasteiger partial charge in [0.2, 0.25) is 0 Å². The van der Waals surface area contributed by atoms with Crippen LogP contribution in [-0.2, 0) is 5.41 Å². The molecule has 6 aromatic heterocycles. The van der Waals surface area contributed by atoms with E-state index >= 15 is 0 Å². The molecule has 0 saturated heterocycles. The maximum Gasteiger partial charge on any atom is 0.0436 e. The van der Waals surface area contributed by atoms with Gasteiger partial charge in [0.25, 0.3) is 0 Å². The van der Waals surface area contributed by atoms with Crippen molar-refractivity contribution in [3.05, 3.63) is 453 Å². The molecule has 133 heavy (non-hydrogen) atoms. The van der Waals surface area contributed by atoms with Gasteiger partial charge in [0.1, 0.15) is 0 Å². The minimum Gasteiger partial charge on any atom is -0.141 e. The minimum atomic E-state index is 0.0915. The van der Waals surface area contributed by atoms with E-state index in [1.165, 1.54) is 266 Å². The Morgan fingerprint density at radius 1 is 0.173 bits per heavy atom. The van der Waals surface area contributed by atoms with E-state index in [2.05, 4.69) is 468 Å². The van der Waals surface area contributed by atoms with Gasteiger partial charge >= 0.3 is 0 Å². The summed E-state index contributed by atoms with van der Waals surface area (Å²) in [5, 5.41) is 32.4. The number of thiophene rings is 6. The Bertz CT molecular complexity index is 8890. The molecule has 6 heteroatoms. The fraction of sp³-hybridized carbons (Fsp3) is 0.0709. The van der Waals surface area contributed by atoms with Crippen molar-refractivity contribution in [2.24, 2.45) is 0 Å². The van der Waals surface area contributed by atoms with Crippen LogP contribution in [0.15, 0.2) is 413 Å². The maximum absolute atomic E-state index is 2.39. The van der Waals surface area contributed by atoms with Gasteiger partial charge in [0.05, 0.1) is 0 Å². The van der Waals surface area contributed by atoms with E-state index in [0.717, 1.165) is 0 Å². The normalized spacial score (nSPS) is 12.1. The highest BCUT2D eigenvalue weighted by Crippen LogP contribution is 2.54. The largest absolute Gasteiger partial charge is 0.141 e. The highest BCUT2D eigenvalue weighted by atomic mass is 32.1. The Morgan fingerprint density at radius 3 is 1.14 bits per heavy atom. The highest BCUT2D eigenvalue weighted by Gasteiger charge is 2.36. The topological polar surface area (TPSA) is 0 Å². The number of hydrogen-bond acceptors (Lipinski definition) is 6. The molecule has 0 fully saturated rings. The lowest BCUT2D eigenvalue weighted by Crippen LogP contribution is -2.14. The summed E-state index contributed by atoms with van der Waals surface area (Å²) in [7, 11) is 0. The van der Waals surface area contributed by atoms with Gasteiger partial charge in [-0.05, 0) is 276 Å². The number of hydrogen-bond donors (Lipinski definition) is 0. The zero-order valence-electron chi connectivity index (χ0n) is 75.2. The van der Waals surface area contributed by atoms with Crippen LogP contribution in [0.2, 0.25) is 0 Å². The molecule has 26 aromatic rings. The summed E-state index contributed by atoms with van der Waals surface area (Å²) >= 11 is 11.3. The summed E-state index contributed by atoms with van der Waals surface area (Å²) in [6.45, 7) is 17.8. The molecule has 2 aliphatic carbocycles. The Hall–Kier alpha value is -14.0. The van der Waals surface area contributed by atoms with Crippen LogP contribution in [0.4, 0.5) is 0 Å². The lowest BCUT2D eigenvalue weighted by Gasteiger charge is -2.21. The lowest BCUT2D eigenvalue weighted by molar-refractivity contribution is 0.660. The zero-order chi connectivity index (χ0) is 89.7. The summed E-state index contributed by atoms with van der Waals surface area (Å²) in [6, 6.07) is 150. The molecule has 636 valence electrons. The third kappa shape index (κ3) is 14.9. The molecular weight excluding hydrogens is 1720 g/mol. The van der Waals surface area contributed by atoms with E-state index in [-0.39, 0.29) is 5.41 Å². The molecule has 0 atom stereocenters. The van der Waals surface area contributed by atoms with Crippen LogP contribution in [0.5, 0.6) is 0 Å². The van der Waals surface area contributed by atoms with Gasteiger partial charge in [0, 0.05) is 91.2 Å². The van der Waals surface area contributed by atoms with Crippen molar-refractivity contribution < 1.29 is 0 Å². The average Bonchev–Trinajstić information content (AvgIpc) is 1.24. The van der Waals surface area contributed by atoms with E-state index in [9.17, 15) is 0 Å². The predicted octanol–water partition coefficient (Wildman–Crippen LogP) is 39.6. The van der Waals surface area contributed by atoms with E-state index in [4.69, 9.17) is 0 Å². The standard InChI is InChI=1S/C25H16S.C23H16S.C21H14S.C20H18S.2C19H14S/c1-15-11-14-23(26-15)17-12-13-22-20-8-3-6-16-5-2-7-19(24(16)20)21-10-4-9-18(17)25(21)22;1-15-18-10-6-7-13-21(18)23(24-15)22-19-11-4-2-8-16(19)14-17-9-3-5-12-20(17)22;1-13-9-12-20(22-13)16-10-11-19-15-6-3-2-5-14(15)17-7-4-8-18(16)21(17)19;1-13-8-11-19(21-13)14-9-10-16-15-6-4-5-7-17(15)20(2,3)18(16)12-14;1-13-15-9-4-5-11-17(15)19(20-13)18-12-6-8-14-7-2-3-10-16(14)18;1-13-17-8-4-5-9-18(17)19(20-13)16-11-10-14-6-2-3-7-15(14)12-16/h2-14H,1H3;2-14H,1H3;2-12H,1H3;4-12H,1-3H3;2*2-12H,1H3. The van der Waals surface area contributed by atoms with Crippen LogP contribution in [0, 0.1) is 41.5 Å². The first-order valence-corrected chi connectivity index (χ1v) is 50.6. The summed E-state index contributed by atoms with van der Waals surface area (Å²) in [4.78, 5) is 16.5. The second-order valence-corrected chi connectivity index (χ2v) is 43.1. The average molecular weight is 1810 g/mol.